The maximum absolute atomic E-state index is 12.0. The first-order valence-corrected chi connectivity index (χ1v) is 8.35. The van der Waals surface area contributed by atoms with Gasteiger partial charge in [-0.25, -0.2) is 13.1 Å². The van der Waals surface area contributed by atoms with Gasteiger partial charge in [-0.15, -0.1) is 0 Å². The van der Waals surface area contributed by atoms with Gasteiger partial charge in [-0.1, -0.05) is 18.2 Å². The van der Waals surface area contributed by atoms with E-state index < -0.39 is 10.0 Å². The lowest BCUT2D eigenvalue weighted by Crippen LogP contribution is -2.30. The minimum Gasteiger partial charge on any atom is -0.322 e. The minimum absolute atomic E-state index is 0.166. The van der Waals surface area contributed by atoms with Crippen LogP contribution in [0, 0.1) is 0 Å². The minimum atomic E-state index is -3.52. The molecule has 0 aliphatic rings. The van der Waals surface area contributed by atoms with E-state index in [1.165, 1.54) is 12.1 Å². The van der Waals surface area contributed by atoms with Crippen molar-refractivity contribution in [2.75, 3.05) is 5.32 Å². The molecule has 0 heterocycles. The van der Waals surface area contributed by atoms with Crippen LogP contribution >= 0.6 is 0 Å². The second-order valence-corrected chi connectivity index (χ2v) is 6.83. The van der Waals surface area contributed by atoms with Crippen molar-refractivity contribution < 1.29 is 13.2 Å². The molecular formula is C16H18N2O3S. The number of rotatable bonds is 5. The van der Waals surface area contributed by atoms with Crippen molar-refractivity contribution >= 4 is 21.6 Å². The number of nitrogens with one attached hydrogen (secondary N) is 2. The number of sulfonamides is 1. The van der Waals surface area contributed by atoms with Gasteiger partial charge in [0.05, 0.1) is 4.90 Å². The van der Waals surface area contributed by atoms with E-state index in [1.54, 1.807) is 50.2 Å². The first kappa shape index (κ1) is 16.2. The number of benzene rings is 2. The van der Waals surface area contributed by atoms with E-state index >= 15 is 0 Å². The number of anilines is 1. The highest BCUT2D eigenvalue weighted by Gasteiger charge is 2.15. The molecule has 0 aromatic heterocycles. The van der Waals surface area contributed by atoms with E-state index in [4.69, 9.17) is 0 Å². The molecule has 0 fully saturated rings. The van der Waals surface area contributed by atoms with Crippen LogP contribution in [0.15, 0.2) is 59.5 Å². The SMILES string of the molecule is CC(C)NS(=O)(=O)c1ccc(NC(=O)c2ccccc2)cc1. The third-order valence-electron chi connectivity index (χ3n) is 2.85. The summed E-state index contributed by atoms with van der Waals surface area (Å²) in [5.41, 5.74) is 1.08. The largest absolute Gasteiger partial charge is 0.322 e. The molecule has 0 aliphatic heterocycles. The van der Waals surface area contributed by atoms with Gasteiger partial charge in [-0.05, 0) is 50.2 Å². The van der Waals surface area contributed by atoms with Gasteiger partial charge in [0.1, 0.15) is 0 Å². The summed E-state index contributed by atoms with van der Waals surface area (Å²) in [6.07, 6.45) is 0. The van der Waals surface area contributed by atoms with Crippen molar-refractivity contribution in [3.05, 3.63) is 60.2 Å². The van der Waals surface area contributed by atoms with E-state index in [0.29, 0.717) is 11.3 Å². The summed E-state index contributed by atoms with van der Waals surface area (Å²) in [4.78, 5) is 12.2. The van der Waals surface area contributed by atoms with Crippen LogP contribution in [-0.4, -0.2) is 20.4 Å². The number of amides is 1. The zero-order chi connectivity index (χ0) is 16.2. The van der Waals surface area contributed by atoms with Crippen LogP contribution in [-0.2, 0) is 10.0 Å². The Balaban J connectivity index is 2.11. The average Bonchev–Trinajstić information content (AvgIpc) is 2.47. The smallest absolute Gasteiger partial charge is 0.255 e. The number of hydrogen-bond donors (Lipinski definition) is 2. The van der Waals surface area contributed by atoms with Crippen LogP contribution in [0.1, 0.15) is 24.2 Å². The molecule has 0 bridgehead atoms. The monoisotopic (exact) mass is 318 g/mol. The van der Waals surface area contributed by atoms with Crippen molar-refractivity contribution in [3.8, 4) is 0 Å². The maximum Gasteiger partial charge on any atom is 0.255 e. The van der Waals surface area contributed by atoms with Crippen molar-refractivity contribution in [1.29, 1.82) is 0 Å². The van der Waals surface area contributed by atoms with Crippen LogP contribution in [0.25, 0.3) is 0 Å². The maximum atomic E-state index is 12.0. The van der Waals surface area contributed by atoms with Crippen molar-refractivity contribution in [1.82, 2.24) is 4.72 Å². The summed E-state index contributed by atoms with van der Waals surface area (Å²) in [6, 6.07) is 14.7. The molecule has 0 unspecified atom stereocenters. The van der Waals surface area contributed by atoms with Gasteiger partial charge in [0.25, 0.3) is 5.91 Å². The van der Waals surface area contributed by atoms with E-state index in [0.717, 1.165) is 0 Å². The van der Waals surface area contributed by atoms with Crippen LogP contribution in [0.2, 0.25) is 0 Å². The molecule has 0 aliphatic carbocycles. The molecule has 1 amide bonds. The zero-order valence-electron chi connectivity index (χ0n) is 12.4. The molecule has 2 rings (SSSR count). The first-order valence-electron chi connectivity index (χ1n) is 6.87. The van der Waals surface area contributed by atoms with Crippen LogP contribution in [0.4, 0.5) is 5.69 Å². The van der Waals surface area contributed by atoms with Crippen molar-refractivity contribution in [2.24, 2.45) is 0 Å². The number of carbonyl (C=O) groups excluding carboxylic acids is 1. The highest BCUT2D eigenvalue weighted by Crippen LogP contribution is 2.15. The molecule has 6 heteroatoms. The first-order chi connectivity index (χ1) is 10.4. The fraction of sp³-hybridized carbons (Fsp3) is 0.188. The summed E-state index contributed by atoms with van der Waals surface area (Å²) in [5, 5.41) is 2.72. The van der Waals surface area contributed by atoms with Gasteiger partial charge in [0.2, 0.25) is 10.0 Å². The Bertz CT molecular complexity index is 739. The van der Waals surface area contributed by atoms with Gasteiger partial charge in [-0.3, -0.25) is 4.79 Å². The van der Waals surface area contributed by atoms with Crippen molar-refractivity contribution in [2.45, 2.75) is 24.8 Å². The molecule has 0 saturated heterocycles. The van der Waals surface area contributed by atoms with E-state index in [-0.39, 0.29) is 16.8 Å². The summed E-state index contributed by atoms with van der Waals surface area (Å²) in [5.74, 6) is -0.239. The zero-order valence-corrected chi connectivity index (χ0v) is 13.2. The molecule has 0 spiro atoms. The standard InChI is InChI=1S/C16H18N2O3S/c1-12(2)18-22(20,21)15-10-8-14(9-11-15)17-16(19)13-6-4-3-5-7-13/h3-12,18H,1-2H3,(H,17,19). The summed E-state index contributed by atoms with van der Waals surface area (Å²) in [7, 11) is -3.52. The van der Waals surface area contributed by atoms with Crippen LogP contribution in [0.3, 0.4) is 0 Å². The summed E-state index contributed by atoms with van der Waals surface area (Å²) in [6.45, 7) is 3.51. The Morgan fingerprint density at radius 1 is 0.955 bits per heavy atom. The third kappa shape index (κ3) is 4.16. The average molecular weight is 318 g/mol. The summed E-state index contributed by atoms with van der Waals surface area (Å²) < 4.78 is 26.5. The predicted octanol–water partition coefficient (Wildman–Crippen LogP) is 2.63. The Morgan fingerprint density at radius 2 is 1.55 bits per heavy atom. The molecule has 2 N–H and O–H groups in total. The van der Waals surface area contributed by atoms with Gasteiger partial charge in [0.15, 0.2) is 0 Å². The van der Waals surface area contributed by atoms with Gasteiger partial charge >= 0.3 is 0 Å². The predicted molar refractivity (Wildman–Crippen MR) is 86.3 cm³/mol. The molecule has 0 saturated carbocycles. The molecule has 2 aromatic carbocycles. The second-order valence-electron chi connectivity index (χ2n) is 5.12. The van der Waals surface area contributed by atoms with E-state index in [2.05, 4.69) is 10.0 Å². The second kappa shape index (κ2) is 6.72. The normalized spacial score (nSPS) is 11.4. The molecule has 116 valence electrons. The Hall–Kier alpha value is -2.18. The molecule has 5 nitrogen and oxygen atoms in total. The molecular weight excluding hydrogens is 300 g/mol. The lowest BCUT2D eigenvalue weighted by Gasteiger charge is -2.10. The number of carbonyl (C=O) groups is 1. The quantitative estimate of drug-likeness (QED) is 0.890. The lowest BCUT2D eigenvalue weighted by molar-refractivity contribution is 0.102. The Morgan fingerprint density at radius 3 is 2.09 bits per heavy atom. The fourth-order valence-corrected chi connectivity index (χ4v) is 3.14. The third-order valence-corrected chi connectivity index (χ3v) is 4.52. The topological polar surface area (TPSA) is 75.3 Å². The van der Waals surface area contributed by atoms with Gasteiger partial charge < -0.3 is 5.32 Å². The van der Waals surface area contributed by atoms with E-state index in [1.807, 2.05) is 6.07 Å². The summed E-state index contributed by atoms with van der Waals surface area (Å²) >= 11 is 0. The fourth-order valence-electron chi connectivity index (χ4n) is 1.89. The molecule has 0 radical (unpaired) electrons. The van der Waals surface area contributed by atoms with Crippen molar-refractivity contribution in [3.63, 3.8) is 0 Å². The van der Waals surface area contributed by atoms with Gasteiger partial charge in [-0.2, -0.15) is 0 Å². The van der Waals surface area contributed by atoms with Crippen LogP contribution < -0.4 is 10.0 Å². The van der Waals surface area contributed by atoms with Gasteiger partial charge in [0, 0.05) is 17.3 Å². The highest BCUT2D eigenvalue weighted by molar-refractivity contribution is 7.89. The molecule has 2 aromatic rings. The number of hydrogen-bond acceptors (Lipinski definition) is 3. The molecule has 22 heavy (non-hydrogen) atoms. The Kier molecular flexibility index (Phi) is 4.95. The lowest BCUT2D eigenvalue weighted by atomic mass is 10.2. The Labute approximate surface area is 130 Å². The van der Waals surface area contributed by atoms with Crippen LogP contribution in [0.5, 0.6) is 0 Å². The van der Waals surface area contributed by atoms with E-state index in [9.17, 15) is 13.2 Å². The highest BCUT2D eigenvalue weighted by atomic mass is 32.2. The molecule has 0 atom stereocenters.